The van der Waals surface area contributed by atoms with Gasteiger partial charge in [-0.25, -0.2) is 0 Å². The molecule has 0 N–H and O–H groups in total. The minimum Gasteiger partial charge on any atom is -0.493 e. The first-order chi connectivity index (χ1) is 9.76. The van der Waals surface area contributed by atoms with Gasteiger partial charge < -0.3 is 14.4 Å². The Bertz CT molecular complexity index is 441. The third kappa shape index (κ3) is 3.44. The maximum atomic E-state index is 12.5. The summed E-state index contributed by atoms with van der Waals surface area (Å²) >= 11 is 0. The van der Waals surface area contributed by atoms with E-state index in [2.05, 4.69) is 0 Å². The average Bonchev–Trinajstić information content (AvgIpc) is 2.53. The summed E-state index contributed by atoms with van der Waals surface area (Å²) in [6.45, 7) is 3.68. The lowest BCUT2D eigenvalue weighted by atomic mass is 10.1. The van der Waals surface area contributed by atoms with Crippen molar-refractivity contribution in [1.82, 2.24) is 4.90 Å². The van der Waals surface area contributed by atoms with Crippen LogP contribution in [0.5, 0.6) is 11.5 Å². The summed E-state index contributed by atoms with van der Waals surface area (Å²) in [4.78, 5) is 14.4. The third-order valence-electron chi connectivity index (χ3n) is 3.65. The van der Waals surface area contributed by atoms with Crippen LogP contribution in [0.1, 0.15) is 32.6 Å². The molecule has 0 spiro atoms. The predicted octanol–water partition coefficient (Wildman–Crippen LogP) is 2.87. The Labute approximate surface area is 120 Å². The molecule has 4 nitrogen and oxygen atoms in total. The zero-order valence-corrected chi connectivity index (χ0v) is 12.3. The van der Waals surface area contributed by atoms with Gasteiger partial charge in [-0.15, -0.1) is 0 Å². The summed E-state index contributed by atoms with van der Waals surface area (Å²) in [5.41, 5.74) is 0. The van der Waals surface area contributed by atoms with Gasteiger partial charge in [0.2, 0.25) is 0 Å². The van der Waals surface area contributed by atoms with Crippen molar-refractivity contribution in [1.29, 1.82) is 0 Å². The molecule has 0 saturated carbocycles. The van der Waals surface area contributed by atoms with Crippen molar-refractivity contribution >= 4 is 5.91 Å². The Hall–Kier alpha value is -1.71. The molecule has 0 aromatic heterocycles. The number of rotatable bonds is 5. The number of amides is 1. The molecule has 110 valence electrons. The molecule has 0 aliphatic carbocycles. The van der Waals surface area contributed by atoms with E-state index in [0.717, 1.165) is 25.9 Å². The Morgan fingerprint density at radius 3 is 2.45 bits per heavy atom. The fourth-order valence-corrected chi connectivity index (χ4v) is 2.50. The monoisotopic (exact) mass is 277 g/mol. The maximum absolute atomic E-state index is 12.5. The number of piperidine rings is 1. The van der Waals surface area contributed by atoms with Crippen molar-refractivity contribution in [2.45, 2.75) is 38.7 Å². The largest absolute Gasteiger partial charge is 0.493 e. The molecule has 1 aromatic rings. The number of ether oxygens (including phenoxy) is 2. The number of methoxy groups -OCH3 is 1. The third-order valence-corrected chi connectivity index (χ3v) is 3.65. The standard InChI is InChI=1S/C16H23NO3/c1-3-13(16(18)17-11-7-4-8-12-17)20-15-10-6-5-9-14(15)19-2/h5-6,9-10,13H,3-4,7-8,11-12H2,1-2H3/t13-/m1/s1. The van der Waals surface area contributed by atoms with Gasteiger partial charge >= 0.3 is 0 Å². The molecule has 1 aliphatic rings. The van der Waals surface area contributed by atoms with Gasteiger partial charge in [-0.3, -0.25) is 4.79 Å². The van der Waals surface area contributed by atoms with Gasteiger partial charge in [-0.05, 0) is 37.8 Å². The maximum Gasteiger partial charge on any atom is 0.263 e. The number of hydrogen-bond donors (Lipinski definition) is 0. The van der Waals surface area contributed by atoms with E-state index < -0.39 is 6.10 Å². The summed E-state index contributed by atoms with van der Waals surface area (Å²) in [6.07, 6.45) is 3.64. The van der Waals surface area contributed by atoms with E-state index in [9.17, 15) is 4.79 Å². The quantitative estimate of drug-likeness (QED) is 0.830. The van der Waals surface area contributed by atoms with Crippen molar-refractivity contribution in [2.75, 3.05) is 20.2 Å². The molecule has 1 aromatic carbocycles. The molecule has 1 fully saturated rings. The van der Waals surface area contributed by atoms with E-state index in [1.54, 1.807) is 7.11 Å². The molecule has 1 amide bonds. The van der Waals surface area contributed by atoms with Crippen LogP contribution < -0.4 is 9.47 Å². The van der Waals surface area contributed by atoms with Gasteiger partial charge in [0.15, 0.2) is 17.6 Å². The summed E-state index contributed by atoms with van der Waals surface area (Å²) < 4.78 is 11.2. The van der Waals surface area contributed by atoms with Crippen molar-refractivity contribution < 1.29 is 14.3 Å². The van der Waals surface area contributed by atoms with Crippen LogP contribution in [0.3, 0.4) is 0 Å². The minimum atomic E-state index is -0.426. The zero-order valence-electron chi connectivity index (χ0n) is 12.3. The van der Waals surface area contributed by atoms with Crippen LogP contribution in [0.25, 0.3) is 0 Å². The molecule has 0 radical (unpaired) electrons. The highest BCUT2D eigenvalue weighted by atomic mass is 16.5. The summed E-state index contributed by atoms with van der Waals surface area (Å²) in [7, 11) is 1.61. The lowest BCUT2D eigenvalue weighted by molar-refractivity contribution is -0.139. The second kappa shape index (κ2) is 7.17. The minimum absolute atomic E-state index is 0.0955. The first kappa shape index (κ1) is 14.7. The van der Waals surface area contributed by atoms with Crippen LogP contribution in [0.15, 0.2) is 24.3 Å². The first-order valence-electron chi connectivity index (χ1n) is 7.34. The van der Waals surface area contributed by atoms with E-state index in [1.165, 1.54) is 6.42 Å². The molecule has 1 aliphatic heterocycles. The Morgan fingerprint density at radius 2 is 1.85 bits per heavy atom. The lowest BCUT2D eigenvalue weighted by Gasteiger charge is -2.30. The molecular weight excluding hydrogens is 254 g/mol. The van der Waals surface area contributed by atoms with Crippen LogP contribution in [0, 0.1) is 0 Å². The van der Waals surface area contributed by atoms with Crippen LogP contribution >= 0.6 is 0 Å². The van der Waals surface area contributed by atoms with E-state index in [-0.39, 0.29) is 5.91 Å². The second-order valence-corrected chi connectivity index (χ2v) is 5.05. The zero-order chi connectivity index (χ0) is 14.4. The Balaban J connectivity index is 2.06. The molecular formula is C16H23NO3. The second-order valence-electron chi connectivity index (χ2n) is 5.05. The van der Waals surface area contributed by atoms with E-state index >= 15 is 0 Å². The van der Waals surface area contributed by atoms with Crippen LogP contribution in [0.2, 0.25) is 0 Å². The van der Waals surface area contributed by atoms with Crippen LogP contribution in [0.4, 0.5) is 0 Å². The highest BCUT2D eigenvalue weighted by molar-refractivity contribution is 5.81. The van der Waals surface area contributed by atoms with Crippen LogP contribution in [-0.4, -0.2) is 37.1 Å². The van der Waals surface area contributed by atoms with Crippen molar-refractivity contribution in [3.8, 4) is 11.5 Å². The number of para-hydroxylation sites is 2. The summed E-state index contributed by atoms with van der Waals surface area (Å²) in [5.74, 6) is 1.39. The SMILES string of the molecule is CC[C@@H](Oc1ccccc1OC)C(=O)N1CCCCC1. The predicted molar refractivity (Wildman–Crippen MR) is 78.1 cm³/mol. The smallest absolute Gasteiger partial charge is 0.263 e. The van der Waals surface area contributed by atoms with Gasteiger partial charge in [0.05, 0.1) is 7.11 Å². The highest BCUT2D eigenvalue weighted by Gasteiger charge is 2.26. The topological polar surface area (TPSA) is 38.8 Å². The normalized spacial score (nSPS) is 16.6. The molecule has 4 heteroatoms. The van der Waals surface area contributed by atoms with Gasteiger partial charge in [-0.1, -0.05) is 19.1 Å². The number of hydrogen-bond acceptors (Lipinski definition) is 3. The van der Waals surface area contributed by atoms with E-state index in [0.29, 0.717) is 17.9 Å². The molecule has 1 heterocycles. The van der Waals surface area contributed by atoms with Crippen LogP contribution in [-0.2, 0) is 4.79 Å². The summed E-state index contributed by atoms with van der Waals surface area (Å²) in [5, 5.41) is 0. The van der Waals surface area contributed by atoms with Gasteiger partial charge in [0, 0.05) is 13.1 Å². The molecule has 0 unspecified atom stereocenters. The van der Waals surface area contributed by atoms with E-state index in [1.807, 2.05) is 36.1 Å². The van der Waals surface area contributed by atoms with Crippen molar-refractivity contribution in [3.05, 3.63) is 24.3 Å². The molecule has 0 bridgehead atoms. The number of benzene rings is 1. The van der Waals surface area contributed by atoms with Crippen molar-refractivity contribution in [2.24, 2.45) is 0 Å². The molecule has 1 atom stereocenters. The number of nitrogens with zero attached hydrogens (tertiary/aromatic N) is 1. The average molecular weight is 277 g/mol. The lowest BCUT2D eigenvalue weighted by Crippen LogP contribution is -2.44. The Morgan fingerprint density at radius 1 is 1.20 bits per heavy atom. The molecule has 2 rings (SSSR count). The molecule has 1 saturated heterocycles. The highest BCUT2D eigenvalue weighted by Crippen LogP contribution is 2.28. The van der Waals surface area contributed by atoms with Gasteiger partial charge in [0.25, 0.3) is 5.91 Å². The van der Waals surface area contributed by atoms with Crippen molar-refractivity contribution in [3.63, 3.8) is 0 Å². The fraction of sp³-hybridized carbons (Fsp3) is 0.562. The van der Waals surface area contributed by atoms with E-state index in [4.69, 9.17) is 9.47 Å². The Kier molecular flexibility index (Phi) is 5.27. The first-order valence-corrected chi connectivity index (χ1v) is 7.34. The number of likely N-dealkylation sites (tertiary alicyclic amines) is 1. The molecule has 20 heavy (non-hydrogen) atoms. The van der Waals surface area contributed by atoms with Gasteiger partial charge in [-0.2, -0.15) is 0 Å². The summed E-state index contributed by atoms with van der Waals surface area (Å²) in [6, 6.07) is 7.45. The van der Waals surface area contributed by atoms with Gasteiger partial charge in [0.1, 0.15) is 0 Å². The number of carbonyl (C=O) groups excluding carboxylic acids is 1. The fourth-order valence-electron chi connectivity index (χ4n) is 2.50. The number of carbonyl (C=O) groups is 1.